The Balaban J connectivity index is 2.54. The Morgan fingerprint density at radius 2 is 1.28 bits per heavy atom. The third-order valence-electron chi connectivity index (χ3n) is 3.86. The van der Waals surface area contributed by atoms with Gasteiger partial charge in [0.05, 0.1) is 0 Å². The number of hydrogen-bond donors (Lipinski definition) is 0. The van der Waals surface area contributed by atoms with Crippen LogP contribution in [0.15, 0.2) is 24.3 Å². The molecule has 1 rings (SSSR count). The minimum atomic E-state index is 0.795. The Morgan fingerprint density at radius 1 is 0.778 bits per heavy atom. The average molecular weight is 246 g/mol. The molecule has 1 aromatic rings. The highest BCUT2D eigenvalue weighted by Crippen LogP contribution is 2.28. The molecule has 0 bridgehead atoms. The van der Waals surface area contributed by atoms with Gasteiger partial charge in [-0.25, -0.2) is 0 Å². The Labute approximate surface area is 114 Å². The van der Waals surface area contributed by atoms with Crippen molar-refractivity contribution in [3.63, 3.8) is 0 Å². The van der Waals surface area contributed by atoms with Crippen molar-refractivity contribution >= 4 is 0 Å². The highest BCUT2D eigenvalue weighted by atomic mass is 14.2. The summed E-state index contributed by atoms with van der Waals surface area (Å²) in [5.74, 6) is 0.795. The van der Waals surface area contributed by atoms with Crippen LogP contribution in [-0.2, 0) is 0 Å². The van der Waals surface area contributed by atoms with Gasteiger partial charge in [0.1, 0.15) is 0 Å². The Hall–Kier alpha value is -0.780. The highest BCUT2D eigenvalue weighted by molar-refractivity contribution is 5.24. The van der Waals surface area contributed by atoms with Crippen LogP contribution < -0.4 is 0 Å². The first-order valence-electron chi connectivity index (χ1n) is 7.84. The van der Waals surface area contributed by atoms with Crippen LogP contribution in [0.2, 0.25) is 0 Å². The minimum Gasteiger partial charge on any atom is -0.0654 e. The van der Waals surface area contributed by atoms with Gasteiger partial charge in [-0.15, -0.1) is 0 Å². The largest absolute Gasteiger partial charge is 0.0654 e. The zero-order valence-electron chi connectivity index (χ0n) is 12.5. The Kier molecular flexibility index (Phi) is 7.80. The van der Waals surface area contributed by atoms with E-state index in [1.807, 2.05) is 0 Å². The molecule has 0 aromatic heterocycles. The normalized spacial score (nSPS) is 11.1. The van der Waals surface area contributed by atoms with E-state index in [0.29, 0.717) is 0 Å². The van der Waals surface area contributed by atoms with E-state index in [0.717, 1.165) is 5.92 Å². The second kappa shape index (κ2) is 9.19. The first-order valence-corrected chi connectivity index (χ1v) is 7.84. The predicted octanol–water partition coefficient (Wildman–Crippen LogP) is 6.24. The van der Waals surface area contributed by atoms with Gasteiger partial charge < -0.3 is 0 Å². The molecule has 0 unspecified atom stereocenters. The molecular weight excluding hydrogens is 216 g/mol. The first-order chi connectivity index (χ1) is 8.77. The summed E-state index contributed by atoms with van der Waals surface area (Å²) in [7, 11) is 0. The molecule has 0 amide bonds. The van der Waals surface area contributed by atoms with Gasteiger partial charge >= 0.3 is 0 Å². The van der Waals surface area contributed by atoms with Gasteiger partial charge in [0.15, 0.2) is 0 Å². The molecule has 0 atom stereocenters. The lowest BCUT2D eigenvalue weighted by molar-refractivity contribution is 0.506. The fourth-order valence-electron chi connectivity index (χ4n) is 2.60. The van der Waals surface area contributed by atoms with E-state index < -0.39 is 0 Å². The van der Waals surface area contributed by atoms with Gasteiger partial charge in [-0.2, -0.15) is 0 Å². The predicted molar refractivity (Wildman–Crippen MR) is 82.2 cm³/mol. The zero-order chi connectivity index (χ0) is 13.2. The highest BCUT2D eigenvalue weighted by Gasteiger charge is 2.10. The maximum absolute atomic E-state index is 2.35. The molecule has 0 aliphatic carbocycles. The third kappa shape index (κ3) is 5.71. The van der Waals surface area contributed by atoms with Crippen LogP contribution in [0.25, 0.3) is 0 Å². The summed E-state index contributed by atoms with van der Waals surface area (Å²) in [6.45, 7) is 6.75. The van der Waals surface area contributed by atoms with E-state index >= 15 is 0 Å². The molecule has 102 valence electrons. The molecule has 0 fully saturated rings. The minimum absolute atomic E-state index is 0.795. The lowest BCUT2D eigenvalue weighted by atomic mass is 9.88. The molecule has 0 radical (unpaired) electrons. The fourth-order valence-corrected chi connectivity index (χ4v) is 2.60. The molecule has 0 saturated carbocycles. The summed E-state index contributed by atoms with van der Waals surface area (Å²) in [5.41, 5.74) is 2.94. The van der Waals surface area contributed by atoms with Crippen molar-refractivity contribution in [2.24, 2.45) is 0 Å². The Bertz CT molecular complexity index is 286. The fraction of sp³-hybridized carbons (Fsp3) is 0.667. The molecule has 0 saturated heterocycles. The number of benzene rings is 1. The number of hydrogen-bond acceptors (Lipinski definition) is 0. The van der Waals surface area contributed by atoms with Crippen molar-refractivity contribution in [3.05, 3.63) is 35.4 Å². The lowest BCUT2D eigenvalue weighted by Gasteiger charge is -2.17. The van der Waals surface area contributed by atoms with E-state index in [4.69, 9.17) is 0 Å². The molecule has 18 heavy (non-hydrogen) atoms. The SMILES string of the molecule is CCCCCC(CCCCC)c1ccc(C)cc1. The number of unbranched alkanes of at least 4 members (excludes halogenated alkanes) is 4. The molecule has 0 N–H and O–H groups in total. The second-order valence-corrected chi connectivity index (χ2v) is 5.60. The van der Waals surface area contributed by atoms with Gasteiger partial charge in [-0.3, -0.25) is 0 Å². The maximum atomic E-state index is 2.35. The van der Waals surface area contributed by atoms with Crippen molar-refractivity contribution in [2.75, 3.05) is 0 Å². The monoisotopic (exact) mass is 246 g/mol. The van der Waals surface area contributed by atoms with Crippen LogP contribution in [-0.4, -0.2) is 0 Å². The number of aryl methyl sites for hydroxylation is 1. The molecule has 0 heterocycles. The summed E-state index contributed by atoms with van der Waals surface area (Å²) in [4.78, 5) is 0. The van der Waals surface area contributed by atoms with Crippen molar-refractivity contribution in [1.29, 1.82) is 0 Å². The van der Waals surface area contributed by atoms with Gasteiger partial charge in [0, 0.05) is 0 Å². The van der Waals surface area contributed by atoms with E-state index in [9.17, 15) is 0 Å². The summed E-state index contributed by atoms with van der Waals surface area (Å²) in [6.07, 6.45) is 11.0. The smallest absolute Gasteiger partial charge is 0.0162 e. The van der Waals surface area contributed by atoms with Crippen LogP contribution in [0.4, 0.5) is 0 Å². The maximum Gasteiger partial charge on any atom is -0.0162 e. The van der Waals surface area contributed by atoms with Crippen molar-refractivity contribution < 1.29 is 0 Å². The summed E-state index contributed by atoms with van der Waals surface area (Å²) in [6, 6.07) is 9.22. The molecule has 0 aliphatic rings. The topological polar surface area (TPSA) is 0 Å². The second-order valence-electron chi connectivity index (χ2n) is 5.60. The van der Waals surface area contributed by atoms with E-state index in [-0.39, 0.29) is 0 Å². The summed E-state index contributed by atoms with van der Waals surface area (Å²) in [5, 5.41) is 0. The van der Waals surface area contributed by atoms with Gasteiger partial charge in [-0.05, 0) is 31.2 Å². The van der Waals surface area contributed by atoms with Crippen molar-refractivity contribution in [3.8, 4) is 0 Å². The molecule has 0 heteroatoms. The van der Waals surface area contributed by atoms with Crippen molar-refractivity contribution in [1.82, 2.24) is 0 Å². The zero-order valence-corrected chi connectivity index (χ0v) is 12.5. The van der Waals surface area contributed by atoms with Crippen LogP contribution in [0.1, 0.15) is 82.3 Å². The van der Waals surface area contributed by atoms with E-state index in [1.54, 1.807) is 5.56 Å². The van der Waals surface area contributed by atoms with Crippen LogP contribution >= 0.6 is 0 Å². The van der Waals surface area contributed by atoms with Crippen LogP contribution in [0.3, 0.4) is 0 Å². The van der Waals surface area contributed by atoms with E-state index in [1.165, 1.54) is 56.9 Å². The van der Waals surface area contributed by atoms with Crippen LogP contribution in [0.5, 0.6) is 0 Å². The summed E-state index contributed by atoms with van der Waals surface area (Å²) < 4.78 is 0. The lowest BCUT2D eigenvalue weighted by Crippen LogP contribution is -1.99. The summed E-state index contributed by atoms with van der Waals surface area (Å²) >= 11 is 0. The molecular formula is C18H30. The first kappa shape index (κ1) is 15.3. The average Bonchev–Trinajstić information content (AvgIpc) is 2.38. The van der Waals surface area contributed by atoms with Crippen LogP contribution in [0, 0.1) is 6.92 Å². The Morgan fingerprint density at radius 3 is 1.72 bits per heavy atom. The third-order valence-corrected chi connectivity index (χ3v) is 3.86. The van der Waals surface area contributed by atoms with Gasteiger partial charge in [-0.1, -0.05) is 82.2 Å². The quantitative estimate of drug-likeness (QED) is 0.452. The molecule has 0 nitrogen and oxygen atoms in total. The van der Waals surface area contributed by atoms with Gasteiger partial charge in [0.25, 0.3) is 0 Å². The van der Waals surface area contributed by atoms with E-state index in [2.05, 4.69) is 45.0 Å². The molecule has 0 spiro atoms. The standard InChI is InChI=1S/C18H30/c1-4-6-8-10-17(11-9-7-5-2)18-14-12-16(3)13-15-18/h12-15,17H,4-11H2,1-3H3. The van der Waals surface area contributed by atoms with Gasteiger partial charge in [0.2, 0.25) is 0 Å². The molecule has 1 aromatic carbocycles. The molecule has 0 aliphatic heterocycles. The van der Waals surface area contributed by atoms with Crippen molar-refractivity contribution in [2.45, 2.75) is 78.1 Å². The number of rotatable bonds is 9.